The number of carbonyl (C=O) groups is 1. The number of aromatic nitrogens is 4. The highest BCUT2D eigenvalue weighted by atomic mass is 32.2. The van der Waals surface area contributed by atoms with Gasteiger partial charge in [-0.2, -0.15) is 5.10 Å². The summed E-state index contributed by atoms with van der Waals surface area (Å²) in [5, 5.41) is 11.7. The van der Waals surface area contributed by atoms with Crippen LogP contribution in [0.15, 0.2) is 64.0 Å². The van der Waals surface area contributed by atoms with E-state index in [-0.39, 0.29) is 27.8 Å². The second-order valence-corrected chi connectivity index (χ2v) is 14.8. The molecule has 2 aromatic carbocycles. The van der Waals surface area contributed by atoms with Crippen molar-refractivity contribution in [3.05, 3.63) is 77.1 Å². The molecule has 45 heavy (non-hydrogen) atoms. The van der Waals surface area contributed by atoms with E-state index in [2.05, 4.69) is 20.3 Å². The number of hydrogen-bond donors (Lipinski definition) is 2. The van der Waals surface area contributed by atoms with E-state index < -0.39 is 31.8 Å². The minimum absolute atomic E-state index is 0.0327. The molecule has 3 aromatic heterocycles. The van der Waals surface area contributed by atoms with Gasteiger partial charge in [-0.1, -0.05) is 5.16 Å². The number of methoxy groups -OCH3 is 1. The van der Waals surface area contributed by atoms with Crippen molar-refractivity contribution < 1.29 is 30.9 Å². The van der Waals surface area contributed by atoms with E-state index in [1.54, 1.807) is 50.8 Å². The topological polar surface area (TPSA) is 175 Å². The van der Waals surface area contributed by atoms with Gasteiger partial charge < -0.3 is 14.6 Å². The van der Waals surface area contributed by atoms with Crippen LogP contribution in [0.3, 0.4) is 0 Å². The van der Waals surface area contributed by atoms with Crippen LogP contribution in [0.1, 0.15) is 39.8 Å². The SMILES string of the molecule is COc1ccc(-c2cc(C(=O)Nc3ccc(S(=O)(=O)Nc4onc(C)c4C)cc3)c3c(C)nn(C4CCS(=O)(=O)C4)c3n2)cc1. The lowest BCUT2D eigenvalue weighted by Crippen LogP contribution is -2.15. The van der Waals surface area contributed by atoms with E-state index in [0.29, 0.717) is 51.5 Å². The minimum Gasteiger partial charge on any atom is -0.497 e. The molecule has 1 amide bonds. The Morgan fingerprint density at radius 2 is 1.76 bits per heavy atom. The normalized spacial score (nSPS) is 16.1. The summed E-state index contributed by atoms with van der Waals surface area (Å²) >= 11 is 0. The Hall–Kier alpha value is -4.76. The molecule has 1 aliphatic heterocycles. The number of ether oxygens (including phenoxy) is 1. The van der Waals surface area contributed by atoms with Crippen molar-refractivity contribution in [2.75, 3.05) is 28.7 Å². The highest BCUT2D eigenvalue weighted by Crippen LogP contribution is 2.33. The Balaban J connectivity index is 1.35. The van der Waals surface area contributed by atoms with Crippen LogP contribution in [0.4, 0.5) is 11.6 Å². The van der Waals surface area contributed by atoms with Gasteiger partial charge in [0, 0.05) is 16.8 Å². The van der Waals surface area contributed by atoms with E-state index in [0.717, 1.165) is 5.56 Å². The Bertz CT molecular complexity index is 2150. The predicted octanol–water partition coefficient (Wildman–Crippen LogP) is 4.43. The van der Waals surface area contributed by atoms with Crippen molar-refractivity contribution in [3.8, 4) is 17.0 Å². The molecular formula is C30H30N6O7S2. The van der Waals surface area contributed by atoms with Crippen LogP contribution >= 0.6 is 0 Å². The van der Waals surface area contributed by atoms with Gasteiger partial charge in [0.05, 0.1) is 57.6 Å². The smallest absolute Gasteiger partial charge is 0.264 e. The monoisotopic (exact) mass is 650 g/mol. The first-order valence-corrected chi connectivity index (χ1v) is 17.3. The molecule has 1 fully saturated rings. The maximum absolute atomic E-state index is 13.8. The lowest BCUT2D eigenvalue weighted by molar-refractivity contribution is 0.102. The van der Waals surface area contributed by atoms with E-state index in [4.69, 9.17) is 14.2 Å². The van der Waals surface area contributed by atoms with Crippen LogP contribution in [0.25, 0.3) is 22.3 Å². The predicted molar refractivity (Wildman–Crippen MR) is 168 cm³/mol. The molecule has 0 bridgehead atoms. The second kappa shape index (κ2) is 11.3. The average molecular weight is 651 g/mol. The van der Waals surface area contributed by atoms with E-state index in [1.807, 2.05) is 12.1 Å². The van der Waals surface area contributed by atoms with Crippen molar-refractivity contribution in [1.82, 2.24) is 19.9 Å². The lowest BCUT2D eigenvalue weighted by Gasteiger charge is -2.13. The third kappa shape index (κ3) is 5.88. The van der Waals surface area contributed by atoms with Crippen LogP contribution in [0.5, 0.6) is 5.75 Å². The van der Waals surface area contributed by atoms with E-state index in [1.165, 1.54) is 24.3 Å². The standard InChI is InChI=1S/C30H30N6O7S2/c1-17-18(2)34-43-30(17)35-45(40,41)24-11-7-21(8-12-24)31-29(37)25-15-26(20-5-9-23(42-4)10-6-20)32-28-27(25)19(3)33-36(28)22-13-14-44(38,39)16-22/h5-12,15,22,35H,13-14,16H2,1-4H3,(H,31,37). The fourth-order valence-corrected chi connectivity index (χ4v) is 7.97. The molecule has 1 unspecified atom stereocenters. The van der Waals surface area contributed by atoms with Crippen LogP contribution in [0, 0.1) is 20.8 Å². The van der Waals surface area contributed by atoms with Crippen molar-refractivity contribution in [3.63, 3.8) is 0 Å². The van der Waals surface area contributed by atoms with Gasteiger partial charge >= 0.3 is 0 Å². The molecule has 1 saturated heterocycles. The number of rotatable bonds is 8. The zero-order valence-corrected chi connectivity index (χ0v) is 26.5. The third-order valence-corrected chi connectivity index (χ3v) is 10.9. The molecule has 0 spiro atoms. The Morgan fingerprint density at radius 1 is 1.04 bits per heavy atom. The number of sulfonamides is 1. The fraction of sp³-hybridized carbons (Fsp3) is 0.267. The average Bonchev–Trinajstić information content (AvgIpc) is 3.66. The Kier molecular flexibility index (Phi) is 7.61. The minimum atomic E-state index is -3.98. The summed E-state index contributed by atoms with van der Waals surface area (Å²) in [5.41, 5.74) is 3.92. The molecule has 234 valence electrons. The number of benzene rings is 2. The first kappa shape index (κ1) is 30.3. The van der Waals surface area contributed by atoms with Gasteiger partial charge in [-0.3, -0.25) is 4.79 Å². The number of anilines is 2. The molecule has 15 heteroatoms. The highest BCUT2D eigenvalue weighted by molar-refractivity contribution is 7.92. The molecule has 13 nitrogen and oxygen atoms in total. The number of nitrogens with zero attached hydrogens (tertiary/aromatic N) is 4. The summed E-state index contributed by atoms with van der Waals surface area (Å²) in [6, 6.07) is 14.1. The molecule has 1 atom stereocenters. The molecule has 6 rings (SSSR count). The van der Waals surface area contributed by atoms with Crippen LogP contribution in [0.2, 0.25) is 0 Å². The number of fused-ring (bicyclic) bond motifs is 1. The van der Waals surface area contributed by atoms with Gasteiger partial charge in [0.1, 0.15) is 5.75 Å². The zero-order valence-electron chi connectivity index (χ0n) is 24.9. The maximum atomic E-state index is 13.8. The van der Waals surface area contributed by atoms with Gasteiger partial charge in [0.2, 0.25) is 5.88 Å². The van der Waals surface area contributed by atoms with Crippen molar-refractivity contribution in [1.29, 1.82) is 0 Å². The molecule has 0 aliphatic carbocycles. The van der Waals surface area contributed by atoms with Crippen molar-refractivity contribution >= 4 is 48.4 Å². The van der Waals surface area contributed by atoms with Gasteiger partial charge in [-0.25, -0.2) is 31.2 Å². The summed E-state index contributed by atoms with van der Waals surface area (Å²) in [6.07, 6.45) is 0.397. The molecule has 1 aliphatic rings. The van der Waals surface area contributed by atoms with Crippen LogP contribution in [-0.2, 0) is 19.9 Å². The maximum Gasteiger partial charge on any atom is 0.264 e. The first-order valence-electron chi connectivity index (χ1n) is 14.0. The molecular weight excluding hydrogens is 620 g/mol. The second-order valence-electron chi connectivity index (χ2n) is 10.9. The summed E-state index contributed by atoms with van der Waals surface area (Å²) < 4.78 is 64.8. The van der Waals surface area contributed by atoms with Crippen molar-refractivity contribution in [2.45, 2.75) is 38.1 Å². The summed E-state index contributed by atoms with van der Waals surface area (Å²) in [5.74, 6) is 0.216. The number of aryl methyl sites for hydroxylation is 2. The molecule has 4 heterocycles. The summed E-state index contributed by atoms with van der Waals surface area (Å²) in [6.45, 7) is 5.15. The summed E-state index contributed by atoms with van der Waals surface area (Å²) in [7, 11) is -5.62. The summed E-state index contributed by atoms with van der Waals surface area (Å²) in [4.78, 5) is 18.6. The first-order chi connectivity index (χ1) is 21.3. The van der Waals surface area contributed by atoms with E-state index >= 15 is 0 Å². The number of amides is 1. The number of carbonyl (C=O) groups excluding carboxylic acids is 1. The van der Waals surface area contributed by atoms with Crippen LogP contribution in [-0.4, -0.2) is 61.3 Å². The van der Waals surface area contributed by atoms with E-state index in [9.17, 15) is 21.6 Å². The quantitative estimate of drug-likeness (QED) is 0.244. The lowest BCUT2D eigenvalue weighted by atomic mass is 10.0. The molecule has 0 radical (unpaired) electrons. The molecule has 0 saturated carbocycles. The number of pyridine rings is 1. The van der Waals surface area contributed by atoms with Gasteiger partial charge in [-0.15, -0.1) is 0 Å². The Labute approximate surface area is 259 Å². The third-order valence-electron chi connectivity index (χ3n) is 7.83. The van der Waals surface area contributed by atoms with Gasteiger partial charge in [0.15, 0.2) is 15.5 Å². The zero-order chi connectivity index (χ0) is 32.1. The molecule has 5 aromatic rings. The highest BCUT2D eigenvalue weighted by Gasteiger charge is 2.32. The van der Waals surface area contributed by atoms with Crippen molar-refractivity contribution in [2.24, 2.45) is 0 Å². The van der Waals surface area contributed by atoms with Crippen LogP contribution < -0.4 is 14.8 Å². The van der Waals surface area contributed by atoms with Gasteiger partial charge in [-0.05, 0) is 81.8 Å². The molecule has 2 N–H and O–H groups in total. The van der Waals surface area contributed by atoms with Gasteiger partial charge in [0.25, 0.3) is 15.9 Å². The number of sulfone groups is 1. The fourth-order valence-electron chi connectivity index (χ4n) is 5.23. The number of hydrogen-bond acceptors (Lipinski definition) is 10. The Morgan fingerprint density at radius 3 is 2.36 bits per heavy atom. The largest absolute Gasteiger partial charge is 0.497 e. The number of nitrogens with one attached hydrogen (secondary N) is 2.